The molecule has 0 unspecified atom stereocenters. The number of carbonyl (C=O) groups is 4. The van der Waals surface area contributed by atoms with E-state index in [9.17, 15) is 24.0 Å². The molecule has 0 saturated carbocycles. The molecule has 12 aromatic rings. The van der Waals surface area contributed by atoms with Gasteiger partial charge >= 0.3 is 0 Å². The molecule has 5 aromatic carbocycles. The summed E-state index contributed by atoms with van der Waals surface area (Å²) in [4.78, 5) is 81.4. The van der Waals surface area contributed by atoms with E-state index in [0.29, 0.717) is 44.2 Å². The number of carbonyl (C=O) groups excluding carboxylic acids is 4. The van der Waals surface area contributed by atoms with Crippen molar-refractivity contribution in [2.75, 3.05) is 68.8 Å². The van der Waals surface area contributed by atoms with Gasteiger partial charge in [0.2, 0.25) is 5.56 Å². The first-order chi connectivity index (χ1) is 48.8. The minimum Gasteiger partial charge on any atom is -0.352 e. The highest BCUT2D eigenvalue weighted by Crippen LogP contribution is 2.34. The molecule has 100 heavy (non-hydrogen) atoms. The predicted octanol–water partition coefficient (Wildman–Crippen LogP) is 13.1. The van der Waals surface area contributed by atoms with Gasteiger partial charge in [-0.25, -0.2) is 15.0 Å². The Morgan fingerprint density at radius 1 is 0.560 bits per heavy atom. The molecule has 0 atom stereocenters. The molecule has 0 aliphatic carbocycles. The van der Waals surface area contributed by atoms with Gasteiger partial charge in [-0.05, 0) is 220 Å². The maximum absolute atomic E-state index is 13.2. The number of hydrogen-bond donors (Lipinski definition) is 8. The van der Waals surface area contributed by atoms with Crippen LogP contribution in [0.4, 0.5) is 34.1 Å². The van der Waals surface area contributed by atoms with Gasteiger partial charge in [0.15, 0.2) is 16.9 Å². The first-order valence-electron chi connectivity index (χ1n) is 34.3. The third kappa shape index (κ3) is 14.8. The Morgan fingerprint density at radius 2 is 1.07 bits per heavy atom. The first-order valence-corrected chi connectivity index (χ1v) is 34.3. The van der Waals surface area contributed by atoms with Crippen LogP contribution in [-0.2, 0) is 13.1 Å². The second-order valence-electron chi connectivity index (χ2n) is 25.3. The van der Waals surface area contributed by atoms with Crippen LogP contribution < -0.4 is 42.8 Å². The zero-order valence-electron chi connectivity index (χ0n) is 56.9. The second kappa shape index (κ2) is 30.4. The van der Waals surface area contributed by atoms with E-state index in [1.54, 1.807) is 30.9 Å². The standard InChI is InChI=1S/C30H34N6O2.C26H25N5O2.C23H23N5O/c1-5-34(4)15-16-35(6-2)30(38)24-10-8-23(17-20(24)3)33-26-11-12-27(36-14-13-31-28(26)36)21-7-9-25-22(18-21)19-32-29(25)37;1-2-3-12-28-25(32)17-4-7-20(8-5-17)30-22-10-11-23(31-14-13-27-24(22)31)18-6-9-21-19(15-18)16-29-26(21)33;29-22-15-18(9-12-25-22)21-6-5-20(23-26-13-14-28(21)23)27-19-3-1-16(2-4-19)17-7-10-24-11-8-17/h7-14,17-18,33H,5-6,15-16,19H2,1-4H3,(H,32,37);4-11,13-15,30H,2-3,12,16H2,1H3,(H,28,32)(H,29,33);1-6,9,12-15,17,24,27H,7-8,10-11H2,(H,25,29). The molecule has 21 heteroatoms. The number of H-pyrrole nitrogens is 1. The van der Waals surface area contributed by atoms with Crippen LogP contribution >= 0.6 is 0 Å². The van der Waals surface area contributed by atoms with E-state index in [-0.39, 0.29) is 29.2 Å². The number of nitrogens with one attached hydrogen (secondary N) is 8. The monoisotopic (exact) mass is 1330 g/mol. The Hall–Kier alpha value is -11.7. The van der Waals surface area contributed by atoms with Crippen LogP contribution in [-0.4, -0.2) is 119 Å². The summed E-state index contributed by atoms with van der Waals surface area (Å²) in [6.07, 6.45) is 17.2. The van der Waals surface area contributed by atoms with Gasteiger partial charge < -0.3 is 52.0 Å². The van der Waals surface area contributed by atoms with E-state index in [4.69, 9.17) is 0 Å². The molecule has 508 valence electrons. The van der Waals surface area contributed by atoms with E-state index in [1.165, 1.54) is 18.4 Å². The summed E-state index contributed by atoms with van der Waals surface area (Å²) < 4.78 is 6.08. The maximum atomic E-state index is 13.2. The van der Waals surface area contributed by atoms with Gasteiger partial charge in [-0.3, -0.25) is 37.2 Å². The average Bonchev–Trinajstić information content (AvgIpc) is 1.43. The molecule has 0 bridgehead atoms. The lowest BCUT2D eigenvalue weighted by Gasteiger charge is -2.25. The van der Waals surface area contributed by atoms with Crippen LogP contribution in [0.2, 0.25) is 0 Å². The maximum Gasteiger partial charge on any atom is 0.254 e. The molecule has 21 nitrogen and oxygen atoms in total. The van der Waals surface area contributed by atoms with Crippen LogP contribution in [0.5, 0.6) is 0 Å². The van der Waals surface area contributed by atoms with Crippen molar-refractivity contribution in [2.45, 2.75) is 72.4 Å². The minimum absolute atomic E-state index is 0.0200. The van der Waals surface area contributed by atoms with Crippen molar-refractivity contribution in [3.05, 3.63) is 250 Å². The van der Waals surface area contributed by atoms with Crippen molar-refractivity contribution in [2.24, 2.45) is 0 Å². The average molecular weight is 1340 g/mol. The van der Waals surface area contributed by atoms with E-state index in [1.807, 2.05) is 154 Å². The van der Waals surface area contributed by atoms with Gasteiger partial charge in [0.05, 0.1) is 34.1 Å². The Labute approximate surface area is 580 Å². The molecule has 0 spiro atoms. The number of piperidine rings is 1. The van der Waals surface area contributed by atoms with Gasteiger partial charge in [0.1, 0.15) is 0 Å². The lowest BCUT2D eigenvalue weighted by Crippen LogP contribution is -2.37. The van der Waals surface area contributed by atoms with Gasteiger partial charge in [0, 0.05) is 134 Å². The highest BCUT2D eigenvalue weighted by Gasteiger charge is 2.24. The molecule has 1 saturated heterocycles. The number of imidazole rings is 3. The predicted molar refractivity (Wildman–Crippen MR) is 396 cm³/mol. The quantitative estimate of drug-likeness (QED) is 0.0332. The molecule has 7 aromatic heterocycles. The summed E-state index contributed by atoms with van der Waals surface area (Å²) in [6.45, 7) is 15.4. The molecular formula is C79H82N16O5. The Kier molecular flexibility index (Phi) is 20.3. The fraction of sp³-hybridized carbons (Fsp3) is 0.241. The van der Waals surface area contributed by atoms with Crippen molar-refractivity contribution in [1.29, 1.82) is 0 Å². The second-order valence-corrected chi connectivity index (χ2v) is 25.3. The zero-order valence-corrected chi connectivity index (χ0v) is 56.9. The Bertz CT molecular complexity index is 5030. The third-order valence-corrected chi connectivity index (χ3v) is 18.8. The van der Waals surface area contributed by atoms with Gasteiger partial charge in [-0.1, -0.05) is 44.5 Å². The topological polar surface area (TPSA) is 244 Å². The van der Waals surface area contributed by atoms with E-state index >= 15 is 0 Å². The summed E-state index contributed by atoms with van der Waals surface area (Å²) in [5.41, 5.74) is 20.8. The van der Waals surface area contributed by atoms with Gasteiger partial charge in [-0.15, -0.1) is 0 Å². The summed E-state index contributed by atoms with van der Waals surface area (Å²) in [6, 6.07) is 49.5. The molecule has 0 radical (unpaired) electrons. The molecule has 10 heterocycles. The van der Waals surface area contributed by atoms with Crippen LogP contribution in [0.1, 0.15) is 116 Å². The number of fused-ring (bicyclic) bond motifs is 5. The number of aromatic amines is 1. The smallest absolute Gasteiger partial charge is 0.254 e. The lowest BCUT2D eigenvalue weighted by molar-refractivity contribution is 0.0749. The first kappa shape index (κ1) is 66.9. The van der Waals surface area contributed by atoms with Crippen molar-refractivity contribution in [1.82, 2.24) is 64.2 Å². The van der Waals surface area contributed by atoms with Crippen molar-refractivity contribution in [3.8, 4) is 33.8 Å². The van der Waals surface area contributed by atoms with E-state index < -0.39 is 0 Å². The minimum atomic E-state index is -0.119. The number of amides is 4. The van der Waals surface area contributed by atoms with Crippen molar-refractivity contribution in [3.63, 3.8) is 0 Å². The SMILES string of the molecule is CCCCNC(=O)c1ccc(Nc2ccc(-c3ccc4c(c3)CNC4=O)n3ccnc23)cc1.CCN(C)CCN(CC)C(=O)c1ccc(Nc2ccc(-c3ccc4c(c3)CNC4=O)n3ccnc23)cc1C.O=c1cc(-c2ccc(Nc3ccc(C4CCNCC4)cc3)c3nccn23)cc[nH]1. The third-order valence-electron chi connectivity index (χ3n) is 18.8. The molecule has 8 N–H and O–H groups in total. The summed E-state index contributed by atoms with van der Waals surface area (Å²) >= 11 is 0. The number of pyridine rings is 4. The Balaban J connectivity index is 0.000000136. The largest absolute Gasteiger partial charge is 0.352 e. The number of benzene rings is 5. The number of aromatic nitrogens is 7. The van der Waals surface area contributed by atoms with Gasteiger partial charge in [0.25, 0.3) is 23.6 Å². The van der Waals surface area contributed by atoms with Crippen LogP contribution in [0.25, 0.3) is 50.7 Å². The molecular weight excluding hydrogens is 1250 g/mol. The molecule has 3 aliphatic rings. The number of rotatable bonds is 20. The molecule has 1 fully saturated rings. The zero-order chi connectivity index (χ0) is 69.2. The number of unbranched alkanes of at least 4 members (excludes halogenated alkanes) is 1. The van der Waals surface area contributed by atoms with Crippen molar-refractivity contribution < 1.29 is 19.2 Å². The lowest BCUT2D eigenvalue weighted by atomic mass is 9.90. The molecule has 3 aliphatic heterocycles. The van der Waals surface area contributed by atoms with Crippen LogP contribution in [0.3, 0.4) is 0 Å². The Morgan fingerprint density at radius 3 is 1.57 bits per heavy atom. The van der Waals surface area contributed by atoms with E-state index in [2.05, 4.69) is 125 Å². The highest BCUT2D eigenvalue weighted by molar-refractivity contribution is 6.00. The fourth-order valence-corrected chi connectivity index (χ4v) is 13.1. The number of aryl methyl sites for hydroxylation is 1. The molecule has 15 rings (SSSR count). The summed E-state index contributed by atoms with van der Waals surface area (Å²) in [7, 11) is 2.07. The normalized spacial score (nSPS) is 13.2. The number of hydrogen-bond acceptors (Lipinski definition) is 13. The number of anilines is 6. The summed E-state index contributed by atoms with van der Waals surface area (Å²) in [5, 5.41) is 22.5. The van der Waals surface area contributed by atoms with E-state index in [0.717, 1.165) is 157 Å². The highest BCUT2D eigenvalue weighted by atomic mass is 16.2. The summed E-state index contributed by atoms with van der Waals surface area (Å²) in [5.74, 6) is 0.618. The number of likely N-dealkylation sites (N-methyl/N-ethyl adjacent to an activating group) is 2. The van der Waals surface area contributed by atoms with Crippen molar-refractivity contribution >= 4 is 74.7 Å². The molecule has 4 amide bonds. The van der Waals surface area contributed by atoms with Crippen LogP contribution in [0.15, 0.2) is 200 Å². The number of nitrogens with zero attached hydrogens (tertiary/aromatic N) is 8. The fourth-order valence-electron chi connectivity index (χ4n) is 13.1. The van der Waals surface area contributed by atoms with Crippen LogP contribution in [0, 0.1) is 6.92 Å². The van der Waals surface area contributed by atoms with Gasteiger partial charge in [-0.2, -0.15) is 0 Å².